The van der Waals surface area contributed by atoms with Gasteiger partial charge >= 0.3 is 0 Å². The summed E-state index contributed by atoms with van der Waals surface area (Å²) in [5.41, 5.74) is 2.17. The van der Waals surface area contributed by atoms with Crippen LogP contribution in [0.25, 0.3) is 0 Å². The van der Waals surface area contributed by atoms with E-state index in [1.807, 2.05) is 18.2 Å². The van der Waals surface area contributed by atoms with Crippen LogP contribution < -0.4 is 4.90 Å². The number of nitrogens with zero attached hydrogens (tertiary/aromatic N) is 1. The second-order valence-corrected chi connectivity index (χ2v) is 4.82. The van der Waals surface area contributed by atoms with Crippen molar-refractivity contribution in [1.29, 1.82) is 0 Å². The summed E-state index contributed by atoms with van der Waals surface area (Å²) in [5, 5.41) is 0. The Balaban J connectivity index is 2.29. The highest BCUT2D eigenvalue weighted by Gasteiger charge is 2.26. The summed E-state index contributed by atoms with van der Waals surface area (Å²) in [7, 11) is 0. The molecule has 1 unspecified atom stereocenters. The molecular formula is C14H17NO2. The van der Waals surface area contributed by atoms with Crippen molar-refractivity contribution in [2.24, 2.45) is 5.92 Å². The monoisotopic (exact) mass is 231 g/mol. The summed E-state index contributed by atoms with van der Waals surface area (Å²) in [4.78, 5) is 24.8. The lowest BCUT2D eigenvalue weighted by atomic mass is 9.93. The van der Waals surface area contributed by atoms with Crippen molar-refractivity contribution < 1.29 is 9.59 Å². The summed E-state index contributed by atoms with van der Waals surface area (Å²) >= 11 is 0. The third-order valence-electron chi connectivity index (χ3n) is 3.05. The predicted octanol–water partition coefficient (Wildman–Crippen LogP) is 2.19. The molecule has 0 radical (unpaired) electrons. The standard InChI is InChI=1S/C14H17NO2/c1-10-7-12-5-3-4-6-13(12)15(9-10)14(17)8-11(2)16/h3-6,10H,7-9H2,1-2H3. The minimum absolute atomic E-state index is 0.00105. The Morgan fingerprint density at radius 2 is 2.06 bits per heavy atom. The Hall–Kier alpha value is -1.64. The van der Waals surface area contributed by atoms with Gasteiger partial charge in [-0.2, -0.15) is 0 Å². The molecule has 0 bridgehead atoms. The molecule has 17 heavy (non-hydrogen) atoms. The molecule has 1 aliphatic heterocycles. The van der Waals surface area contributed by atoms with Gasteiger partial charge in [-0.25, -0.2) is 0 Å². The lowest BCUT2D eigenvalue weighted by Gasteiger charge is -2.33. The number of benzene rings is 1. The average molecular weight is 231 g/mol. The summed E-state index contributed by atoms with van der Waals surface area (Å²) in [5.74, 6) is 0.281. The number of Topliss-reactive ketones (excluding diaryl/α,β-unsaturated/α-hetero) is 1. The minimum atomic E-state index is -0.0866. The Morgan fingerprint density at radius 3 is 2.76 bits per heavy atom. The van der Waals surface area contributed by atoms with Crippen LogP contribution in [0.1, 0.15) is 25.8 Å². The topological polar surface area (TPSA) is 37.4 Å². The molecule has 1 aliphatic rings. The number of ketones is 1. The van der Waals surface area contributed by atoms with Crippen LogP contribution in [0.2, 0.25) is 0 Å². The van der Waals surface area contributed by atoms with Crippen molar-refractivity contribution in [3.63, 3.8) is 0 Å². The Bertz CT molecular complexity index is 453. The van der Waals surface area contributed by atoms with Crippen LogP contribution in [0.15, 0.2) is 24.3 Å². The smallest absolute Gasteiger partial charge is 0.234 e. The summed E-state index contributed by atoms with van der Waals surface area (Å²) in [6.07, 6.45) is 1.00. The lowest BCUT2D eigenvalue weighted by molar-refractivity contribution is -0.125. The molecule has 0 aliphatic carbocycles. The van der Waals surface area contributed by atoms with E-state index < -0.39 is 0 Å². The van der Waals surface area contributed by atoms with Crippen LogP contribution in [0.4, 0.5) is 5.69 Å². The van der Waals surface area contributed by atoms with Crippen molar-refractivity contribution in [3.05, 3.63) is 29.8 Å². The maximum absolute atomic E-state index is 12.0. The van der Waals surface area contributed by atoms with Gasteiger partial charge in [0.1, 0.15) is 5.78 Å². The van der Waals surface area contributed by atoms with Gasteiger partial charge in [-0.1, -0.05) is 25.1 Å². The molecule has 1 aromatic carbocycles. The summed E-state index contributed by atoms with van der Waals surface area (Å²) in [6.45, 7) is 4.30. The number of amides is 1. The quantitative estimate of drug-likeness (QED) is 0.732. The highest BCUT2D eigenvalue weighted by Crippen LogP contribution is 2.29. The fraction of sp³-hybridized carbons (Fsp3) is 0.429. The fourth-order valence-corrected chi connectivity index (χ4v) is 2.34. The van der Waals surface area contributed by atoms with Crippen molar-refractivity contribution >= 4 is 17.4 Å². The van der Waals surface area contributed by atoms with E-state index in [0.29, 0.717) is 12.5 Å². The zero-order valence-corrected chi connectivity index (χ0v) is 10.3. The fourth-order valence-electron chi connectivity index (χ4n) is 2.34. The van der Waals surface area contributed by atoms with E-state index >= 15 is 0 Å². The molecule has 0 saturated carbocycles. The second-order valence-electron chi connectivity index (χ2n) is 4.82. The van der Waals surface area contributed by atoms with Gasteiger partial charge in [0.15, 0.2) is 0 Å². The van der Waals surface area contributed by atoms with Gasteiger partial charge in [-0.15, -0.1) is 0 Å². The highest BCUT2D eigenvalue weighted by atomic mass is 16.2. The van der Waals surface area contributed by atoms with Crippen molar-refractivity contribution in [2.75, 3.05) is 11.4 Å². The number of fused-ring (bicyclic) bond motifs is 1. The third-order valence-corrected chi connectivity index (χ3v) is 3.05. The molecule has 1 amide bonds. The SMILES string of the molecule is CC(=O)CC(=O)N1CC(C)Cc2ccccc21. The molecule has 3 heteroatoms. The molecule has 0 saturated heterocycles. The van der Waals surface area contributed by atoms with Gasteiger partial charge in [0.2, 0.25) is 5.91 Å². The first-order chi connectivity index (χ1) is 8.08. The first kappa shape index (κ1) is 11.8. The minimum Gasteiger partial charge on any atom is -0.311 e. The van der Waals surface area contributed by atoms with Crippen LogP contribution in [0.3, 0.4) is 0 Å². The molecule has 2 rings (SSSR count). The van der Waals surface area contributed by atoms with Crippen LogP contribution in [0.5, 0.6) is 0 Å². The second kappa shape index (κ2) is 4.70. The first-order valence-corrected chi connectivity index (χ1v) is 5.95. The lowest BCUT2D eigenvalue weighted by Crippen LogP contribution is -2.39. The van der Waals surface area contributed by atoms with Crippen LogP contribution in [-0.4, -0.2) is 18.2 Å². The van der Waals surface area contributed by atoms with E-state index in [4.69, 9.17) is 0 Å². The van der Waals surface area contributed by atoms with Gasteiger partial charge in [-0.05, 0) is 30.9 Å². The van der Waals surface area contributed by atoms with Crippen molar-refractivity contribution in [2.45, 2.75) is 26.7 Å². The van der Waals surface area contributed by atoms with Gasteiger partial charge < -0.3 is 4.90 Å². The Labute approximate surface area is 101 Å². The van der Waals surface area contributed by atoms with Gasteiger partial charge in [0.25, 0.3) is 0 Å². The largest absolute Gasteiger partial charge is 0.311 e. The van der Waals surface area contributed by atoms with Crippen molar-refractivity contribution in [3.8, 4) is 0 Å². The molecule has 0 fully saturated rings. The van der Waals surface area contributed by atoms with E-state index in [-0.39, 0.29) is 18.1 Å². The van der Waals surface area contributed by atoms with E-state index in [1.165, 1.54) is 12.5 Å². The number of anilines is 1. The molecule has 0 spiro atoms. The predicted molar refractivity (Wildman–Crippen MR) is 67.0 cm³/mol. The third kappa shape index (κ3) is 2.54. The van der Waals surface area contributed by atoms with Gasteiger partial charge in [0.05, 0.1) is 6.42 Å². The maximum atomic E-state index is 12.0. The zero-order valence-electron chi connectivity index (χ0n) is 10.3. The molecule has 1 heterocycles. The molecule has 0 aromatic heterocycles. The molecule has 1 aromatic rings. The maximum Gasteiger partial charge on any atom is 0.234 e. The normalized spacial score (nSPS) is 18.7. The average Bonchev–Trinajstić information content (AvgIpc) is 2.26. The molecule has 1 atom stereocenters. The Kier molecular flexibility index (Phi) is 3.27. The molecule has 90 valence electrons. The highest BCUT2D eigenvalue weighted by molar-refractivity contribution is 6.05. The van der Waals surface area contributed by atoms with E-state index in [2.05, 4.69) is 13.0 Å². The number of para-hydroxylation sites is 1. The van der Waals surface area contributed by atoms with Gasteiger partial charge in [0, 0.05) is 12.2 Å². The van der Waals surface area contributed by atoms with Crippen LogP contribution >= 0.6 is 0 Å². The first-order valence-electron chi connectivity index (χ1n) is 5.95. The number of carbonyl (C=O) groups is 2. The summed E-state index contributed by atoms with van der Waals surface area (Å²) < 4.78 is 0. The van der Waals surface area contributed by atoms with Crippen LogP contribution in [-0.2, 0) is 16.0 Å². The van der Waals surface area contributed by atoms with Crippen LogP contribution in [0, 0.1) is 5.92 Å². The van der Waals surface area contributed by atoms with E-state index in [9.17, 15) is 9.59 Å². The number of hydrogen-bond acceptors (Lipinski definition) is 2. The molecule has 3 nitrogen and oxygen atoms in total. The number of hydrogen-bond donors (Lipinski definition) is 0. The number of rotatable bonds is 2. The molecule has 0 N–H and O–H groups in total. The number of carbonyl (C=O) groups excluding carboxylic acids is 2. The van der Waals surface area contributed by atoms with E-state index in [1.54, 1.807) is 4.90 Å². The van der Waals surface area contributed by atoms with E-state index in [0.717, 1.165) is 12.1 Å². The zero-order chi connectivity index (χ0) is 12.4. The summed E-state index contributed by atoms with van der Waals surface area (Å²) in [6, 6.07) is 7.94. The van der Waals surface area contributed by atoms with Crippen molar-refractivity contribution in [1.82, 2.24) is 0 Å². The van der Waals surface area contributed by atoms with Gasteiger partial charge in [-0.3, -0.25) is 9.59 Å². The Morgan fingerprint density at radius 1 is 1.35 bits per heavy atom. The molecular weight excluding hydrogens is 214 g/mol.